The molecule has 0 radical (unpaired) electrons. The van der Waals surface area contributed by atoms with Gasteiger partial charge in [-0.25, -0.2) is 0 Å². The van der Waals surface area contributed by atoms with Gasteiger partial charge in [-0.3, -0.25) is 4.79 Å². The molecular formula is C14H19NO2. The van der Waals surface area contributed by atoms with Crippen molar-refractivity contribution in [3.05, 3.63) is 29.8 Å². The van der Waals surface area contributed by atoms with Crippen LogP contribution in [-0.2, 0) is 0 Å². The fourth-order valence-corrected chi connectivity index (χ4v) is 2.35. The molecular weight excluding hydrogens is 214 g/mol. The van der Waals surface area contributed by atoms with E-state index in [1.165, 1.54) is 0 Å². The number of Topliss-reactive ketones (excluding diaryl/α,β-unsaturated/α-hetero) is 1. The molecule has 0 amide bonds. The maximum atomic E-state index is 12.5. The molecule has 0 aromatic heterocycles. The lowest BCUT2D eigenvalue weighted by Gasteiger charge is -2.39. The molecule has 17 heavy (non-hydrogen) atoms. The van der Waals surface area contributed by atoms with Crippen LogP contribution in [0.15, 0.2) is 24.3 Å². The Morgan fingerprint density at radius 2 is 2.12 bits per heavy atom. The molecule has 0 aliphatic heterocycles. The SMILES string of the molecule is CCOc1ccccc1C(=O)C1(CN)CCC1. The summed E-state index contributed by atoms with van der Waals surface area (Å²) in [7, 11) is 0. The molecule has 1 aromatic rings. The van der Waals surface area contributed by atoms with Crippen molar-refractivity contribution in [2.45, 2.75) is 26.2 Å². The Balaban J connectivity index is 2.30. The lowest BCUT2D eigenvalue weighted by Crippen LogP contribution is -2.44. The smallest absolute Gasteiger partial charge is 0.173 e. The van der Waals surface area contributed by atoms with Gasteiger partial charge in [0, 0.05) is 12.0 Å². The Bertz CT molecular complexity index is 405. The summed E-state index contributed by atoms with van der Waals surface area (Å²) >= 11 is 0. The van der Waals surface area contributed by atoms with E-state index in [4.69, 9.17) is 10.5 Å². The zero-order valence-electron chi connectivity index (χ0n) is 10.2. The summed E-state index contributed by atoms with van der Waals surface area (Å²) in [5, 5.41) is 0. The first-order chi connectivity index (χ1) is 8.23. The second kappa shape index (κ2) is 4.88. The maximum Gasteiger partial charge on any atom is 0.173 e. The Morgan fingerprint density at radius 3 is 2.65 bits per heavy atom. The van der Waals surface area contributed by atoms with Gasteiger partial charge < -0.3 is 10.5 Å². The van der Waals surface area contributed by atoms with Crippen LogP contribution in [0, 0.1) is 5.41 Å². The van der Waals surface area contributed by atoms with Crippen LogP contribution in [0.5, 0.6) is 5.75 Å². The van der Waals surface area contributed by atoms with E-state index >= 15 is 0 Å². The maximum absolute atomic E-state index is 12.5. The van der Waals surface area contributed by atoms with E-state index in [2.05, 4.69) is 0 Å². The van der Waals surface area contributed by atoms with Crippen LogP contribution in [0.1, 0.15) is 36.5 Å². The van der Waals surface area contributed by atoms with Gasteiger partial charge in [0.2, 0.25) is 0 Å². The standard InChI is InChI=1S/C14H19NO2/c1-2-17-12-7-4-3-6-11(12)13(16)14(10-15)8-5-9-14/h3-4,6-7H,2,5,8-10,15H2,1H3. The van der Waals surface area contributed by atoms with Crippen molar-refractivity contribution in [1.29, 1.82) is 0 Å². The van der Waals surface area contributed by atoms with E-state index in [9.17, 15) is 4.79 Å². The largest absolute Gasteiger partial charge is 0.493 e. The minimum Gasteiger partial charge on any atom is -0.493 e. The number of hydrogen-bond acceptors (Lipinski definition) is 3. The molecule has 0 heterocycles. The summed E-state index contributed by atoms with van der Waals surface area (Å²) in [5.74, 6) is 0.829. The van der Waals surface area contributed by atoms with Gasteiger partial charge in [0.25, 0.3) is 0 Å². The van der Waals surface area contributed by atoms with E-state index in [0.717, 1.165) is 19.3 Å². The molecule has 2 N–H and O–H groups in total. The summed E-state index contributed by atoms with van der Waals surface area (Å²) in [4.78, 5) is 12.5. The van der Waals surface area contributed by atoms with Crippen LogP contribution >= 0.6 is 0 Å². The molecule has 1 saturated carbocycles. The van der Waals surface area contributed by atoms with Crippen molar-refractivity contribution < 1.29 is 9.53 Å². The highest BCUT2D eigenvalue weighted by atomic mass is 16.5. The number of rotatable bonds is 5. The van der Waals surface area contributed by atoms with Gasteiger partial charge in [0.05, 0.1) is 12.2 Å². The third-order valence-corrected chi connectivity index (χ3v) is 3.61. The number of carbonyl (C=O) groups is 1. The van der Waals surface area contributed by atoms with Gasteiger partial charge >= 0.3 is 0 Å². The Kier molecular flexibility index (Phi) is 3.48. The first-order valence-corrected chi connectivity index (χ1v) is 6.20. The number of hydrogen-bond donors (Lipinski definition) is 1. The lowest BCUT2D eigenvalue weighted by atomic mass is 9.64. The number of ketones is 1. The quantitative estimate of drug-likeness (QED) is 0.794. The average molecular weight is 233 g/mol. The molecule has 1 aliphatic rings. The normalized spacial score (nSPS) is 17.3. The van der Waals surface area contributed by atoms with E-state index in [1.54, 1.807) is 0 Å². The Labute approximate surface area is 102 Å². The summed E-state index contributed by atoms with van der Waals surface area (Å²) < 4.78 is 5.50. The van der Waals surface area contributed by atoms with Gasteiger partial charge in [-0.2, -0.15) is 0 Å². The molecule has 1 fully saturated rings. The lowest BCUT2D eigenvalue weighted by molar-refractivity contribution is 0.0632. The monoisotopic (exact) mass is 233 g/mol. The molecule has 0 unspecified atom stereocenters. The summed E-state index contributed by atoms with van der Waals surface area (Å²) in [5.41, 5.74) is 6.12. The number of ether oxygens (including phenoxy) is 1. The first-order valence-electron chi connectivity index (χ1n) is 6.20. The molecule has 92 valence electrons. The zero-order chi connectivity index (χ0) is 12.3. The summed E-state index contributed by atoms with van der Waals surface area (Å²) in [6.45, 7) is 2.93. The van der Waals surface area contributed by atoms with E-state index < -0.39 is 0 Å². The fourth-order valence-electron chi connectivity index (χ4n) is 2.35. The van der Waals surface area contributed by atoms with Crippen molar-refractivity contribution in [2.24, 2.45) is 11.1 Å². The summed E-state index contributed by atoms with van der Waals surface area (Å²) in [6.07, 6.45) is 2.91. The molecule has 0 spiro atoms. The van der Waals surface area contributed by atoms with Crippen molar-refractivity contribution in [3.63, 3.8) is 0 Å². The van der Waals surface area contributed by atoms with E-state index in [0.29, 0.717) is 24.5 Å². The second-order valence-electron chi connectivity index (χ2n) is 4.60. The van der Waals surface area contributed by atoms with Gasteiger partial charge in [-0.1, -0.05) is 18.6 Å². The van der Waals surface area contributed by atoms with Crippen LogP contribution in [0.4, 0.5) is 0 Å². The van der Waals surface area contributed by atoms with Crippen LogP contribution in [-0.4, -0.2) is 18.9 Å². The van der Waals surface area contributed by atoms with Crippen LogP contribution in [0.25, 0.3) is 0 Å². The summed E-state index contributed by atoms with van der Waals surface area (Å²) in [6, 6.07) is 7.44. The van der Waals surface area contributed by atoms with Crippen molar-refractivity contribution >= 4 is 5.78 Å². The molecule has 1 aromatic carbocycles. The van der Waals surface area contributed by atoms with Gasteiger partial charge in [0.15, 0.2) is 5.78 Å². The first kappa shape index (κ1) is 12.1. The van der Waals surface area contributed by atoms with Crippen LogP contribution < -0.4 is 10.5 Å². The minimum absolute atomic E-state index is 0.148. The van der Waals surface area contributed by atoms with Gasteiger partial charge in [-0.15, -0.1) is 0 Å². The molecule has 3 nitrogen and oxygen atoms in total. The fraction of sp³-hybridized carbons (Fsp3) is 0.500. The number of para-hydroxylation sites is 1. The predicted octanol–water partition coefficient (Wildman–Crippen LogP) is 2.40. The number of carbonyl (C=O) groups excluding carboxylic acids is 1. The third kappa shape index (κ3) is 2.07. The zero-order valence-corrected chi connectivity index (χ0v) is 10.2. The Morgan fingerprint density at radius 1 is 1.41 bits per heavy atom. The average Bonchev–Trinajstić information content (AvgIpc) is 2.29. The second-order valence-corrected chi connectivity index (χ2v) is 4.60. The van der Waals surface area contributed by atoms with Crippen molar-refractivity contribution in [1.82, 2.24) is 0 Å². The molecule has 1 aliphatic carbocycles. The van der Waals surface area contributed by atoms with Gasteiger partial charge in [0.1, 0.15) is 5.75 Å². The predicted molar refractivity (Wildman–Crippen MR) is 67.3 cm³/mol. The molecule has 0 bridgehead atoms. The van der Waals surface area contributed by atoms with E-state index in [-0.39, 0.29) is 11.2 Å². The highest BCUT2D eigenvalue weighted by Crippen LogP contribution is 2.43. The van der Waals surface area contributed by atoms with Crippen molar-refractivity contribution in [2.75, 3.05) is 13.2 Å². The van der Waals surface area contributed by atoms with Gasteiger partial charge in [-0.05, 0) is 31.9 Å². The number of nitrogens with two attached hydrogens (primary N) is 1. The molecule has 0 saturated heterocycles. The Hall–Kier alpha value is -1.35. The van der Waals surface area contributed by atoms with Crippen LogP contribution in [0.2, 0.25) is 0 Å². The highest BCUT2D eigenvalue weighted by molar-refractivity contribution is 6.03. The molecule has 0 atom stereocenters. The van der Waals surface area contributed by atoms with Crippen molar-refractivity contribution in [3.8, 4) is 5.75 Å². The minimum atomic E-state index is -0.326. The van der Waals surface area contributed by atoms with Crippen LogP contribution in [0.3, 0.4) is 0 Å². The number of benzene rings is 1. The molecule has 3 heteroatoms. The third-order valence-electron chi connectivity index (χ3n) is 3.61. The highest BCUT2D eigenvalue weighted by Gasteiger charge is 2.43. The van der Waals surface area contributed by atoms with E-state index in [1.807, 2.05) is 31.2 Å². The molecule has 2 rings (SSSR count). The topological polar surface area (TPSA) is 52.3 Å².